The first kappa shape index (κ1) is 8.73. The van der Waals surface area contributed by atoms with Crippen molar-refractivity contribution in [3.8, 4) is 0 Å². The van der Waals surface area contributed by atoms with E-state index < -0.39 is 17.6 Å². The number of fused-ring (bicyclic) bond motifs is 1. The monoisotopic (exact) mass is 204 g/mol. The molecule has 0 radical (unpaired) electrons. The summed E-state index contributed by atoms with van der Waals surface area (Å²) in [6.07, 6.45) is -3.61. The molecule has 2 aromatic heterocycles. The van der Waals surface area contributed by atoms with Gasteiger partial charge in [0.15, 0.2) is 11.2 Å². The normalized spacial score (nSPS) is 12.2. The van der Waals surface area contributed by atoms with Crippen LogP contribution in [0.3, 0.4) is 0 Å². The molecule has 0 aliphatic carbocycles. The minimum Gasteiger partial charge on any atom is -0.328 e. The maximum Gasteiger partial charge on any atom is 0.449 e. The summed E-state index contributed by atoms with van der Waals surface area (Å²) in [7, 11) is 0. The molecule has 8 heteroatoms. The number of aromatic nitrogens is 4. The van der Waals surface area contributed by atoms with Crippen molar-refractivity contribution in [3.63, 3.8) is 0 Å². The van der Waals surface area contributed by atoms with Crippen LogP contribution in [0.25, 0.3) is 11.2 Å². The molecule has 0 spiro atoms. The summed E-state index contributed by atoms with van der Waals surface area (Å²) < 4.78 is 36.4. The number of nitrogens with zero attached hydrogens (tertiary/aromatic N) is 2. The second-order valence-corrected chi connectivity index (χ2v) is 2.51. The average Bonchev–Trinajstić information content (AvgIpc) is 2.48. The van der Waals surface area contributed by atoms with Crippen molar-refractivity contribution in [3.05, 3.63) is 22.5 Å². The van der Waals surface area contributed by atoms with Crippen molar-refractivity contribution in [1.82, 2.24) is 19.9 Å². The van der Waals surface area contributed by atoms with Crippen LogP contribution in [0, 0.1) is 0 Å². The van der Waals surface area contributed by atoms with E-state index in [4.69, 9.17) is 0 Å². The first-order valence-electron chi connectivity index (χ1n) is 3.49. The van der Waals surface area contributed by atoms with Gasteiger partial charge in [-0.1, -0.05) is 0 Å². The van der Waals surface area contributed by atoms with Crippen molar-refractivity contribution in [2.24, 2.45) is 0 Å². The van der Waals surface area contributed by atoms with Crippen LogP contribution in [0.5, 0.6) is 0 Å². The fourth-order valence-electron chi connectivity index (χ4n) is 0.974. The van der Waals surface area contributed by atoms with Gasteiger partial charge in [-0.05, 0) is 0 Å². The molecule has 0 saturated carbocycles. The molecule has 0 aliphatic rings. The molecule has 14 heavy (non-hydrogen) atoms. The maximum atomic E-state index is 12.1. The van der Waals surface area contributed by atoms with Crippen LogP contribution in [-0.2, 0) is 6.18 Å². The van der Waals surface area contributed by atoms with Crippen molar-refractivity contribution in [2.45, 2.75) is 6.18 Å². The number of hydrogen-bond acceptors (Lipinski definition) is 3. The fourth-order valence-corrected chi connectivity index (χ4v) is 0.974. The molecule has 2 aromatic rings. The van der Waals surface area contributed by atoms with Crippen molar-refractivity contribution in [1.29, 1.82) is 0 Å². The van der Waals surface area contributed by atoms with E-state index in [0.29, 0.717) is 0 Å². The van der Waals surface area contributed by atoms with Gasteiger partial charge in [-0.3, -0.25) is 4.79 Å². The number of aromatic amines is 2. The highest BCUT2D eigenvalue weighted by Crippen LogP contribution is 2.26. The van der Waals surface area contributed by atoms with E-state index in [2.05, 4.69) is 15.0 Å². The number of hydrogen-bond donors (Lipinski definition) is 2. The minimum absolute atomic E-state index is 0.249. The van der Waals surface area contributed by atoms with E-state index in [0.717, 1.165) is 6.33 Å². The summed E-state index contributed by atoms with van der Waals surface area (Å²) >= 11 is 0. The van der Waals surface area contributed by atoms with Gasteiger partial charge in [0.25, 0.3) is 5.56 Å². The molecule has 0 fully saturated rings. The third-order valence-corrected chi connectivity index (χ3v) is 1.56. The summed E-state index contributed by atoms with van der Waals surface area (Å²) in [5.41, 5.74) is -1.21. The molecule has 0 bridgehead atoms. The van der Waals surface area contributed by atoms with E-state index >= 15 is 0 Å². The van der Waals surface area contributed by atoms with Crippen LogP contribution < -0.4 is 5.56 Å². The van der Waals surface area contributed by atoms with Crippen LogP contribution in [-0.4, -0.2) is 19.9 Å². The second-order valence-electron chi connectivity index (χ2n) is 2.51. The van der Waals surface area contributed by atoms with E-state index in [1.807, 2.05) is 4.98 Å². The van der Waals surface area contributed by atoms with Gasteiger partial charge in [-0.25, -0.2) is 9.97 Å². The molecule has 2 rings (SSSR count). The molecule has 0 aromatic carbocycles. The molecule has 5 nitrogen and oxygen atoms in total. The number of rotatable bonds is 0. The average molecular weight is 204 g/mol. The Balaban J connectivity index is 2.75. The third-order valence-electron chi connectivity index (χ3n) is 1.56. The van der Waals surface area contributed by atoms with Crippen LogP contribution in [0.15, 0.2) is 11.1 Å². The smallest absolute Gasteiger partial charge is 0.328 e. The highest BCUT2D eigenvalue weighted by molar-refractivity contribution is 5.68. The number of nitrogens with one attached hydrogen (secondary N) is 2. The lowest BCUT2D eigenvalue weighted by molar-refractivity contribution is -0.144. The third kappa shape index (κ3) is 1.24. The standard InChI is InChI=1S/C6H3F3N4O/c7-6(8,9)5-12-2-3(13-5)10-1-11-4(2)14/h1H,(H2,10,11,12,13,14). The van der Waals surface area contributed by atoms with Gasteiger partial charge >= 0.3 is 6.18 Å². The molecular weight excluding hydrogens is 201 g/mol. The van der Waals surface area contributed by atoms with Gasteiger partial charge in [0, 0.05) is 0 Å². The lowest BCUT2D eigenvalue weighted by Crippen LogP contribution is -2.08. The minimum atomic E-state index is -4.60. The van der Waals surface area contributed by atoms with Gasteiger partial charge in [-0.2, -0.15) is 13.2 Å². The van der Waals surface area contributed by atoms with Gasteiger partial charge in [0.05, 0.1) is 6.33 Å². The topological polar surface area (TPSA) is 74.4 Å². The molecular formula is C6H3F3N4O. The molecule has 0 amide bonds. The number of H-pyrrole nitrogens is 2. The maximum absolute atomic E-state index is 12.1. The lowest BCUT2D eigenvalue weighted by Gasteiger charge is -1.98. The predicted octanol–water partition coefficient (Wildman–Crippen LogP) is 0.665. The molecule has 2 heterocycles. The highest BCUT2D eigenvalue weighted by atomic mass is 19.4. The summed E-state index contributed by atoms with van der Waals surface area (Å²) in [5, 5.41) is 0. The van der Waals surface area contributed by atoms with Crippen LogP contribution in [0.4, 0.5) is 13.2 Å². The molecule has 2 N–H and O–H groups in total. The Bertz CT molecular complexity index is 526. The Hall–Kier alpha value is -1.86. The Labute approximate surface area is 74.0 Å². The second kappa shape index (κ2) is 2.56. The zero-order valence-electron chi connectivity index (χ0n) is 6.51. The molecule has 0 unspecified atom stereocenters. The van der Waals surface area contributed by atoms with Crippen LogP contribution >= 0.6 is 0 Å². The quantitative estimate of drug-likeness (QED) is 0.662. The summed E-state index contributed by atoms with van der Waals surface area (Å²) in [5.74, 6) is -1.23. The van der Waals surface area contributed by atoms with Gasteiger partial charge in [0.2, 0.25) is 5.82 Å². The number of alkyl halides is 3. The van der Waals surface area contributed by atoms with Gasteiger partial charge < -0.3 is 9.97 Å². The summed E-state index contributed by atoms with van der Waals surface area (Å²) in [6.45, 7) is 0. The first-order chi connectivity index (χ1) is 6.48. The summed E-state index contributed by atoms with van der Waals surface area (Å²) in [6, 6.07) is 0. The van der Waals surface area contributed by atoms with Crippen LogP contribution in [0.1, 0.15) is 5.82 Å². The summed E-state index contributed by atoms with van der Waals surface area (Å²) in [4.78, 5) is 21.6. The fraction of sp³-hybridized carbons (Fsp3) is 0.167. The number of halogens is 3. The molecule has 0 atom stereocenters. The SMILES string of the molecule is O=c1[nH]cnc2nc(C(F)(F)F)[nH]c12. The zero-order valence-corrected chi connectivity index (χ0v) is 6.51. The van der Waals surface area contributed by atoms with Crippen molar-refractivity contribution in [2.75, 3.05) is 0 Å². The van der Waals surface area contributed by atoms with Gasteiger partial charge in [0.1, 0.15) is 0 Å². The van der Waals surface area contributed by atoms with E-state index in [1.54, 1.807) is 0 Å². The largest absolute Gasteiger partial charge is 0.449 e. The lowest BCUT2D eigenvalue weighted by atomic mass is 10.5. The Morgan fingerprint density at radius 2 is 2.07 bits per heavy atom. The predicted molar refractivity (Wildman–Crippen MR) is 39.5 cm³/mol. The van der Waals surface area contributed by atoms with Crippen molar-refractivity contribution >= 4 is 11.2 Å². The molecule has 0 saturated heterocycles. The number of imidazole rings is 1. The first-order valence-corrected chi connectivity index (χ1v) is 3.49. The molecule has 0 aliphatic heterocycles. The Kier molecular flexibility index (Phi) is 1.60. The highest BCUT2D eigenvalue weighted by Gasteiger charge is 2.35. The van der Waals surface area contributed by atoms with Crippen LogP contribution in [0.2, 0.25) is 0 Å². The van der Waals surface area contributed by atoms with E-state index in [9.17, 15) is 18.0 Å². The Morgan fingerprint density at radius 3 is 2.64 bits per heavy atom. The van der Waals surface area contributed by atoms with E-state index in [1.165, 1.54) is 0 Å². The van der Waals surface area contributed by atoms with Crippen molar-refractivity contribution < 1.29 is 13.2 Å². The zero-order chi connectivity index (χ0) is 10.3. The molecule has 74 valence electrons. The Morgan fingerprint density at radius 1 is 1.36 bits per heavy atom. The van der Waals surface area contributed by atoms with Gasteiger partial charge in [-0.15, -0.1) is 0 Å². The van der Waals surface area contributed by atoms with E-state index in [-0.39, 0.29) is 11.2 Å².